The number of hydrogen-bond acceptors (Lipinski definition) is 5. The molecule has 1 aliphatic heterocycles. The number of fused-ring (bicyclic) bond motifs is 1. The van der Waals surface area contributed by atoms with E-state index in [1.54, 1.807) is 0 Å². The molecule has 0 bridgehead atoms. The summed E-state index contributed by atoms with van der Waals surface area (Å²) in [6.07, 6.45) is 0. The Morgan fingerprint density at radius 3 is 2.95 bits per heavy atom. The summed E-state index contributed by atoms with van der Waals surface area (Å²) < 4.78 is 6.34. The van der Waals surface area contributed by atoms with Gasteiger partial charge in [0.2, 0.25) is 0 Å². The molecule has 0 aliphatic carbocycles. The van der Waals surface area contributed by atoms with Gasteiger partial charge in [-0.3, -0.25) is 9.69 Å². The Kier molecular flexibility index (Phi) is 4.25. The van der Waals surface area contributed by atoms with Gasteiger partial charge in [-0.2, -0.15) is 0 Å². The van der Waals surface area contributed by atoms with Crippen LogP contribution in [0.15, 0.2) is 24.3 Å². The normalized spacial score (nSPS) is 16.4. The quantitative estimate of drug-likeness (QED) is 0.924. The van der Waals surface area contributed by atoms with E-state index < -0.39 is 0 Å². The van der Waals surface area contributed by atoms with Gasteiger partial charge in [0.1, 0.15) is 0 Å². The molecule has 1 fully saturated rings. The van der Waals surface area contributed by atoms with Crippen molar-refractivity contribution in [1.29, 1.82) is 0 Å². The predicted octanol–water partition coefficient (Wildman–Crippen LogP) is 1.36. The Bertz CT molecular complexity index is 560. The monoisotopic (exact) mass is 291 g/mol. The number of rotatable bonds is 4. The molecule has 0 radical (unpaired) electrons. The lowest BCUT2D eigenvalue weighted by molar-refractivity contribution is 0.0383. The molecule has 5 nitrogen and oxygen atoms in total. The highest BCUT2D eigenvalue weighted by atomic mass is 32.1. The summed E-state index contributed by atoms with van der Waals surface area (Å²) in [6.45, 7) is 4.96. The third-order valence-electron chi connectivity index (χ3n) is 3.31. The van der Waals surface area contributed by atoms with Crippen LogP contribution in [0.4, 0.5) is 0 Å². The number of para-hydroxylation sites is 1. The number of carbonyl (C=O) groups is 1. The number of nitrogens with one attached hydrogen (secondary N) is 1. The fourth-order valence-electron chi connectivity index (χ4n) is 2.20. The van der Waals surface area contributed by atoms with Crippen molar-refractivity contribution in [1.82, 2.24) is 15.2 Å². The van der Waals surface area contributed by atoms with Gasteiger partial charge in [-0.1, -0.05) is 12.1 Å². The average Bonchev–Trinajstić information content (AvgIpc) is 2.92. The van der Waals surface area contributed by atoms with Crippen LogP contribution >= 0.6 is 11.3 Å². The van der Waals surface area contributed by atoms with E-state index in [2.05, 4.69) is 15.2 Å². The van der Waals surface area contributed by atoms with Gasteiger partial charge in [-0.25, -0.2) is 4.98 Å². The number of amides is 1. The molecule has 2 heterocycles. The lowest BCUT2D eigenvalue weighted by Gasteiger charge is -2.26. The fourth-order valence-corrected chi connectivity index (χ4v) is 3.08. The van der Waals surface area contributed by atoms with E-state index in [1.165, 1.54) is 11.3 Å². The van der Waals surface area contributed by atoms with E-state index in [9.17, 15) is 4.79 Å². The summed E-state index contributed by atoms with van der Waals surface area (Å²) in [5, 5.41) is 3.47. The molecule has 0 saturated carbocycles. The first kappa shape index (κ1) is 13.5. The van der Waals surface area contributed by atoms with Crippen molar-refractivity contribution in [2.24, 2.45) is 0 Å². The highest BCUT2D eigenvalue weighted by Gasteiger charge is 2.13. The number of nitrogens with zero attached hydrogens (tertiary/aromatic N) is 2. The van der Waals surface area contributed by atoms with Crippen molar-refractivity contribution in [3.05, 3.63) is 29.3 Å². The Hall–Kier alpha value is -1.50. The number of thiazole rings is 1. The minimum atomic E-state index is -0.0838. The van der Waals surface area contributed by atoms with Crippen LogP contribution in [0.25, 0.3) is 10.2 Å². The zero-order chi connectivity index (χ0) is 13.8. The van der Waals surface area contributed by atoms with Crippen LogP contribution in [-0.2, 0) is 4.74 Å². The molecule has 1 N–H and O–H groups in total. The van der Waals surface area contributed by atoms with Gasteiger partial charge < -0.3 is 10.1 Å². The van der Waals surface area contributed by atoms with Crippen LogP contribution in [-0.4, -0.2) is 55.2 Å². The molecule has 1 saturated heterocycles. The van der Waals surface area contributed by atoms with E-state index in [-0.39, 0.29) is 5.91 Å². The largest absolute Gasteiger partial charge is 0.379 e. The number of hydrogen-bond donors (Lipinski definition) is 1. The lowest BCUT2D eigenvalue weighted by Crippen LogP contribution is -2.41. The molecule has 1 amide bonds. The maximum atomic E-state index is 12.0. The summed E-state index contributed by atoms with van der Waals surface area (Å²) in [7, 11) is 0. The predicted molar refractivity (Wildman–Crippen MR) is 79.2 cm³/mol. The first-order valence-corrected chi connectivity index (χ1v) is 7.58. The molecule has 0 spiro atoms. The van der Waals surface area contributed by atoms with Crippen LogP contribution in [0.1, 0.15) is 9.80 Å². The minimum absolute atomic E-state index is 0.0838. The molecule has 106 valence electrons. The van der Waals surface area contributed by atoms with Gasteiger partial charge in [0.25, 0.3) is 5.91 Å². The highest BCUT2D eigenvalue weighted by Crippen LogP contribution is 2.21. The Balaban J connectivity index is 1.53. The van der Waals surface area contributed by atoms with Crippen molar-refractivity contribution in [3.8, 4) is 0 Å². The van der Waals surface area contributed by atoms with Crippen molar-refractivity contribution >= 4 is 27.5 Å². The SMILES string of the molecule is O=C(NCCN1CCOCC1)c1nc2ccccc2s1. The van der Waals surface area contributed by atoms with E-state index >= 15 is 0 Å². The van der Waals surface area contributed by atoms with Crippen LogP contribution in [0.3, 0.4) is 0 Å². The standard InChI is InChI=1S/C14H17N3O2S/c18-13(15-5-6-17-7-9-19-10-8-17)14-16-11-3-1-2-4-12(11)20-14/h1-4H,5-10H2,(H,15,18). The van der Waals surface area contributed by atoms with Crippen molar-refractivity contribution in [2.75, 3.05) is 39.4 Å². The third-order valence-corrected chi connectivity index (χ3v) is 4.34. The molecular weight excluding hydrogens is 274 g/mol. The van der Waals surface area contributed by atoms with Gasteiger partial charge in [0, 0.05) is 26.2 Å². The van der Waals surface area contributed by atoms with E-state index in [1.807, 2.05) is 24.3 Å². The molecule has 0 atom stereocenters. The smallest absolute Gasteiger partial charge is 0.280 e. The lowest BCUT2D eigenvalue weighted by atomic mass is 10.3. The number of morpholine rings is 1. The van der Waals surface area contributed by atoms with E-state index in [0.717, 1.165) is 43.1 Å². The zero-order valence-electron chi connectivity index (χ0n) is 11.2. The molecule has 20 heavy (non-hydrogen) atoms. The zero-order valence-corrected chi connectivity index (χ0v) is 12.0. The summed E-state index contributed by atoms with van der Waals surface area (Å²) >= 11 is 1.43. The Morgan fingerprint density at radius 2 is 2.15 bits per heavy atom. The molecule has 1 aliphatic rings. The fraction of sp³-hybridized carbons (Fsp3) is 0.429. The maximum Gasteiger partial charge on any atom is 0.280 e. The van der Waals surface area contributed by atoms with E-state index in [0.29, 0.717) is 11.6 Å². The summed E-state index contributed by atoms with van der Waals surface area (Å²) in [4.78, 5) is 18.7. The second-order valence-corrected chi connectivity index (χ2v) is 5.73. The topological polar surface area (TPSA) is 54.5 Å². The van der Waals surface area contributed by atoms with E-state index in [4.69, 9.17) is 4.74 Å². The van der Waals surface area contributed by atoms with Crippen LogP contribution < -0.4 is 5.32 Å². The second-order valence-electron chi connectivity index (χ2n) is 4.70. The van der Waals surface area contributed by atoms with Gasteiger partial charge in [-0.05, 0) is 12.1 Å². The maximum absolute atomic E-state index is 12.0. The number of ether oxygens (including phenoxy) is 1. The average molecular weight is 291 g/mol. The molecule has 2 aromatic rings. The minimum Gasteiger partial charge on any atom is -0.379 e. The van der Waals surface area contributed by atoms with Crippen LogP contribution in [0.2, 0.25) is 0 Å². The molecule has 1 aromatic heterocycles. The molecule has 6 heteroatoms. The van der Waals surface area contributed by atoms with Gasteiger partial charge in [0.05, 0.1) is 23.4 Å². The highest BCUT2D eigenvalue weighted by molar-refractivity contribution is 7.20. The first-order valence-electron chi connectivity index (χ1n) is 6.77. The number of carbonyl (C=O) groups excluding carboxylic acids is 1. The van der Waals surface area contributed by atoms with Crippen molar-refractivity contribution in [3.63, 3.8) is 0 Å². The summed E-state index contributed by atoms with van der Waals surface area (Å²) in [6, 6.07) is 7.80. The Labute approximate surface area is 121 Å². The van der Waals surface area contributed by atoms with Gasteiger partial charge >= 0.3 is 0 Å². The second kappa shape index (κ2) is 6.30. The van der Waals surface area contributed by atoms with Gasteiger partial charge in [-0.15, -0.1) is 11.3 Å². The van der Waals surface area contributed by atoms with Gasteiger partial charge in [0.15, 0.2) is 5.01 Å². The van der Waals surface area contributed by atoms with Crippen molar-refractivity contribution < 1.29 is 9.53 Å². The molecule has 1 aromatic carbocycles. The summed E-state index contributed by atoms with van der Waals surface area (Å²) in [5.74, 6) is -0.0838. The molecular formula is C14H17N3O2S. The van der Waals surface area contributed by atoms with Crippen molar-refractivity contribution in [2.45, 2.75) is 0 Å². The molecule has 3 rings (SSSR count). The summed E-state index contributed by atoms with van der Waals surface area (Å²) in [5.41, 5.74) is 0.885. The first-order chi connectivity index (χ1) is 9.83. The third kappa shape index (κ3) is 3.15. The Morgan fingerprint density at radius 1 is 1.35 bits per heavy atom. The number of aromatic nitrogens is 1. The van der Waals surface area contributed by atoms with Crippen LogP contribution in [0.5, 0.6) is 0 Å². The number of benzene rings is 1. The van der Waals surface area contributed by atoms with Crippen LogP contribution in [0, 0.1) is 0 Å². The molecule has 0 unspecified atom stereocenters.